The van der Waals surface area contributed by atoms with Crippen LogP contribution in [0.15, 0.2) is 48.0 Å². The molecule has 0 radical (unpaired) electrons. The number of H-pyrrole nitrogens is 2. The first-order valence-electron chi connectivity index (χ1n) is 8.37. The molecular weight excluding hydrogens is 328 g/mol. The average molecular weight is 348 g/mol. The highest BCUT2D eigenvalue weighted by molar-refractivity contribution is 7.17. The number of aromatic nitrogens is 2. The summed E-state index contributed by atoms with van der Waals surface area (Å²) in [6, 6.07) is 12.6. The second-order valence-corrected chi connectivity index (χ2v) is 7.38. The quantitative estimate of drug-likeness (QED) is 0.466. The SMILES string of the molecule is CC(=O)c1c(C)[nH]c(C(c2ccc[nH]2)c2csc3ccccc23)c1C. The Morgan fingerprint density at radius 3 is 2.60 bits per heavy atom. The number of aromatic amines is 2. The molecule has 3 heterocycles. The van der Waals surface area contributed by atoms with Crippen LogP contribution in [0.3, 0.4) is 0 Å². The van der Waals surface area contributed by atoms with Crippen LogP contribution < -0.4 is 0 Å². The third-order valence-corrected chi connectivity index (χ3v) is 5.85. The standard InChI is InChI=1S/C21H20N2OS/c1-12-19(14(3)24)13(2)23-21(12)20(17-8-6-10-22-17)16-11-25-18-9-5-4-7-15(16)18/h4-11,20,22-23H,1-3H3. The van der Waals surface area contributed by atoms with Crippen LogP contribution in [0.2, 0.25) is 0 Å². The van der Waals surface area contributed by atoms with Crippen molar-refractivity contribution in [3.8, 4) is 0 Å². The second kappa shape index (κ2) is 6.05. The predicted molar refractivity (Wildman–Crippen MR) is 104 cm³/mol. The van der Waals surface area contributed by atoms with Gasteiger partial charge in [-0.1, -0.05) is 18.2 Å². The number of ketones is 1. The minimum atomic E-state index is 0.0537. The fraction of sp³-hybridized carbons (Fsp3) is 0.190. The van der Waals surface area contributed by atoms with Gasteiger partial charge in [-0.05, 0) is 60.9 Å². The number of fused-ring (bicyclic) bond motifs is 1. The number of carbonyl (C=O) groups is 1. The van der Waals surface area contributed by atoms with Gasteiger partial charge in [0.15, 0.2) is 5.78 Å². The summed E-state index contributed by atoms with van der Waals surface area (Å²) in [5, 5.41) is 3.50. The van der Waals surface area contributed by atoms with Crippen molar-refractivity contribution in [3.05, 3.63) is 81.7 Å². The number of benzene rings is 1. The normalized spacial score (nSPS) is 12.6. The molecule has 1 aromatic carbocycles. The summed E-state index contributed by atoms with van der Waals surface area (Å²) in [7, 11) is 0. The van der Waals surface area contributed by atoms with Crippen molar-refractivity contribution in [2.24, 2.45) is 0 Å². The fourth-order valence-electron chi connectivity index (χ4n) is 3.82. The first-order chi connectivity index (χ1) is 12.1. The summed E-state index contributed by atoms with van der Waals surface area (Å²) in [6.07, 6.45) is 1.95. The van der Waals surface area contributed by atoms with E-state index in [2.05, 4.69) is 45.7 Å². The highest BCUT2D eigenvalue weighted by atomic mass is 32.1. The Bertz CT molecular complexity index is 1050. The van der Waals surface area contributed by atoms with Crippen molar-refractivity contribution in [2.45, 2.75) is 26.7 Å². The van der Waals surface area contributed by atoms with Crippen molar-refractivity contribution in [3.63, 3.8) is 0 Å². The van der Waals surface area contributed by atoms with Crippen LogP contribution in [0.5, 0.6) is 0 Å². The Labute approximate surface area is 150 Å². The van der Waals surface area contributed by atoms with Crippen LogP contribution in [0.25, 0.3) is 10.1 Å². The van der Waals surface area contributed by atoms with E-state index in [0.29, 0.717) is 0 Å². The molecule has 0 fully saturated rings. The monoisotopic (exact) mass is 348 g/mol. The zero-order valence-electron chi connectivity index (χ0n) is 14.5. The average Bonchev–Trinajstić information content (AvgIpc) is 3.29. The third-order valence-electron chi connectivity index (χ3n) is 4.87. The molecule has 0 saturated heterocycles. The van der Waals surface area contributed by atoms with E-state index < -0.39 is 0 Å². The Hall–Kier alpha value is -2.59. The number of hydrogen-bond acceptors (Lipinski definition) is 2. The molecule has 0 aliphatic carbocycles. The van der Waals surface area contributed by atoms with E-state index in [9.17, 15) is 4.79 Å². The summed E-state index contributed by atoms with van der Waals surface area (Å²) in [6.45, 7) is 5.65. The molecule has 0 aliphatic heterocycles. The highest BCUT2D eigenvalue weighted by Gasteiger charge is 2.27. The van der Waals surface area contributed by atoms with Gasteiger partial charge in [0.25, 0.3) is 0 Å². The molecule has 0 saturated carbocycles. The maximum Gasteiger partial charge on any atom is 0.161 e. The molecule has 4 aromatic rings. The summed E-state index contributed by atoms with van der Waals surface area (Å²) in [5.74, 6) is 0.163. The van der Waals surface area contributed by atoms with Gasteiger partial charge in [-0.15, -0.1) is 11.3 Å². The summed E-state index contributed by atoms with van der Waals surface area (Å²) < 4.78 is 1.28. The molecule has 0 bridgehead atoms. The molecular formula is C21H20N2OS. The number of carbonyl (C=O) groups excluding carboxylic acids is 1. The zero-order valence-corrected chi connectivity index (χ0v) is 15.3. The van der Waals surface area contributed by atoms with E-state index in [1.54, 1.807) is 18.3 Å². The van der Waals surface area contributed by atoms with Crippen LogP contribution in [0, 0.1) is 13.8 Å². The van der Waals surface area contributed by atoms with E-state index in [4.69, 9.17) is 0 Å². The summed E-state index contributed by atoms with van der Waals surface area (Å²) in [5.41, 5.74) is 6.28. The molecule has 0 aliphatic rings. The largest absolute Gasteiger partial charge is 0.364 e. The molecule has 25 heavy (non-hydrogen) atoms. The molecule has 126 valence electrons. The van der Waals surface area contributed by atoms with Crippen molar-refractivity contribution in [1.82, 2.24) is 9.97 Å². The minimum Gasteiger partial charge on any atom is -0.364 e. The molecule has 1 atom stereocenters. The van der Waals surface area contributed by atoms with Crippen molar-refractivity contribution in [1.29, 1.82) is 0 Å². The van der Waals surface area contributed by atoms with E-state index in [1.807, 2.05) is 26.1 Å². The molecule has 0 amide bonds. The van der Waals surface area contributed by atoms with Gasteiger partial charge in [0.05, 0.1) is 5.92 Å². The van der Waals surface area contributed by atoms with Crippen LogP contribution in [0.4, 0.5) is 0 Å². The Balaban J connectivity index is 1.98. The van der Waals surface area contributed by atoms with Gasteiger partial charge in [0, 0.05) is 33.5 Å². The number of hydrogen-bond donors (Lipinski definition) is 2. The van der Waals surface area contributed by atoms with Gasteiger partial charge in [0.1, 0.15) is 0 Å². The lowest BCUT2D eigenvalue weighted by Crippen LogP contribution is -2.06. The van der Waals surface area contributed by atoms with Crippen LogP contribution in [-0.4, -0.2) is 15.8 Å². The van der Waals surface area contributed by atoms with Gasteiger partial charge < -0.3 is 9.97 Å². The van der Waals surface area contributed by atoms with Crippen LogP contribution in [0.1, 0.15) is 51.4 Å². The van der Waals surface area contributed by atoms with Crippen molar-refractivity contribution < 1.29 is 4.79 Å². The van der Waals surface area contributed by atoms with Gasteiger partial charge in [-0.25, -0.2) is 0 Å². The number of aryl methyl sites for hydroxylation is 1. The predicted octanol–water partition coefficient (Wildman–Crippen LogP) is 5.56. The molecule has 3 nitrogen and oxygen atoms in total. The highest BCUT2D eigenvalue weighted by Crippen LogP contribution is 2.40. The molecule has 2 N–H and O–H groups in total. The Morgan fingerprint density at radius 2 is 1.92 bits per heavy atom. The number of rotatable bonds is 4. The molecule has 0 spiro atoms. The maximum atomic E-state index is 12.1. The summed E-state index contributed by atoms with van der Waals surface area (Å²) in [4.78, 5) is 19.0. The van der Waals surface area contributed by atoms with Crippen molar-refractivity contribution >= 4 is 27.2 Å². The fourth-order valence-corrected chi connectivity index (χ4v) is 4.80. The number of thiophene rings is 1. The van der Waals surface area contributed by atoms with E-state index in [1.165, 1.54) is 15.6 Å². The Morgan fingerprint density at radius 1 is 1.12 bits per heavy atom. The van der Waals surface area contributed by atoms with E-state index >= 15 is 0 Å². The maximum absolute atomic E-state index is 12.1. The molecule has 3 aromatic heterocycles. The molecule has 4 rings (SSSR count). The number of nitrogens with one attached hydrogen (secondary N) is 2. The molecule has 4 heteroatoms. The van der Waals surface area contributed by atoms with Gasteiger partial charge >= 0.3 is 0 Å². The lowest BCUT2D eigenvalue weighted by molar-refractivity contribution is 0.101. The van der Waals surface area contributed by atoms with Gasteiger partial charge in [-0.3, -0.25) is 4.79 Å². The zero-order chi connectivity index (χ0) is 17.6. The third kappa shape index (κ3) is 2.53. The van der Waals surface area contributed by atoms with Crippen LogP contribution >= 0.6 is 11.3 Å². The van der Waals surface area contributed by atoms with Gasteiger partial charge in [-0.2, -0.15) is 0 Å². The molecule has 1 unspecified atom stereocenters. The second-order valence-electron chi connectivity index (χ2n) is 6.47. The van der Waals surface area contributed by atoms with Crippen molar-refractivity contribution in [2.75, 3.05) is 0 Å². The number of Topliss-reactive ketones (excluding diaryl/α,β-unsaturated/α-hetero) is 1. The summed E-state index contributed by atoms with van der Waals surface area (Å²) >= 11 is 1.76. The lowest BCUT2D eigenvalue weighted by Gasteiger charge is -2.16. The van der Waals surface area contributed by atoms with Gasteiger partial charge in [0.2, 0.25) is 0 Å². The smallest absolute Gasteiger partial charge is 0.161 e. The first-order valence-corrected chi connectivity index (χ1v) is 9.25. The van der Waals surface area contributed by atoms with E-state index in [0.717, 1.165) is 28.2 Å². The first kappa shape index (κ1) is 15.9. The Kier molecular flexibility index (Phi) is 3.85. The lowest BCUT2D eigenvalue weighted by atomic mass is 9.89. The minimum absolute atomic E-state index is 0.0537. The topological polar surface area (TPSA) is 48.6 Å². The van der Waals surface area contributed by atoms with Crippen LogP contribution in [-0.2, 0) is 0 Å². The van der Waals surface area contributed by atoms with E-state index in [-0.39, 0.29) is 11.7 Å².